The van der Waals surface area contributed by atoms with Gasteiger partial charge >= 0.3 is 6.61 Å². The zero-order valence-electron chi connectivity index (χ0n) is 10.9. The van der Waals surface area contributed by atoms with E-state index in [1.165, 1.54) is 47.4 Å². The lowest BCUT2D eigenvalue weighted by Crippen LogP contribution is -2.04. The van der Waals surface area contributed by atoms with Gasteiger partial charge in [0.2, 0.25) is 5.13 Å². The summed E-state index contributed by atoms with van der Waals surface area (Å²) < 4.78 is 28.9. The fourth-order valence-corrected chi connectivity index (χ4v) is 3.00. The first-order chi connectivity index (χ1) is 10.1. The number of ether oxygens (including phenoxy) is 1. The number of benzene rings is 1. The Morgan fingerprint density at radius 3 is 2.67 bits per heavy atom. The van der Waals surface area contributed by atoms with Crippen molar-refractivity contribution in [3.63, 3.8) is 0 Å². The van der Waals surface area contributed by atoms with E-state index < -0.39 is 6.61 Å². The molecule has 112 valence electrons. The van der Waals surface area contributed by atoms with Crippen molar-refractivity contribution in [2.24, 2.45) is 0 Å². The summed E-state index contributed by atoms with van der Waals surface area (Å²) in [5, 5.41) is 11.3. The van der Waals surface area contributed by atoms with E-state index in [9.17, 15) is 13.6 Å². The van der Waals surface area contributed by atoms with Crippen LogP contribution in [0.4, 0.5) is 13.9 Å². The van der Waals surface area contributed by atoms with Crippen molar-refractivity contribution in [2.75, 3.05) is 18.1 Å². The van der Waals surface area contributed by atoms with E-state index in [0.29, 0.717) is 15.0 Å². The van der Waals surface area contributed by atoms with Crippen LogP contribution in [0, 0.1) is 0 Å². The fourth-order valence-electron chi connectivity index (χ4n) is 1.40. The number of carbonyl (C=O) groups is 1. The molecule has 0 fully saturated rings. The third kappa shape index (κ3) is 4.64. The molecule has 5 nitrogen and oxygen atoms in total. The average Bonchev–Trinajstić information content (AvgIpc) is 2.93. The van der Waals surface area contributed by atoms with Gasteiger partial charge < -0.3 is 10.1 Å². The van der Waals surface area contributed by atoms with Gasteiger partial charge in [-0.05, 0) is 24.3 Å². The van der Waals surface area contributed by atoms with Gasteiger partial charge in [-0.3, -0.25) is 4.79 Å². The van der Waals surface area contributed by atoms with Crippen LogP contribution in [0.1, 0.15) is 10.4 Å². The highest BCUT2D eigenvalue weighted by Gasteiger charge is 2.11. The fraction of sp³-hybridized carbons (Fsp3) is 0.250. The first-order valence-corrected chi connectivity index (χ1v) is 7.61. The van der Waals surface area contributed by atoms with E-state index in [1.54, 1.807) is 7.05 Å². The predicted molar refractivity (Wildman–Crippen MR) is 77.6 cm³/mol. The van der Waals surface area contributed by atoms with Gasteiger partial charge in [-0.15, -0.1) is 10.2 Å². The molecule has 0 aliphatic carbocycles. The van der Waals surface area contributed by atoms with E-state index >= 15 is 0 Å². The smallest absolute Gasteiger partial charge is 0.387 e. The molecular formula is C12H11F2N3O2S2. The van der Waals surface area contributed by atoms with Gasteiger partial charge in [-0.1, -0.05) is 23.1 Å². The number of alkyl halides is 2. The molecule has 0 saturated carbocycles. The van der Waals surface area contributed by atoms with Crippen LogP contribution in [0.3, 0.4) is 0 Å². The Morgan fingerprint density at radius 2 is 2.10 bits per heavy atom. The van der Waals surface area contributed by atoms with Crippen LogP contribution in [-0.4, -0.2) is 35.4 Å². The van der Waals surface area contributed by atoms with Gasteiger partial charge in [0, 0.05) is 12.6 Å². The van der Waals surface area contributed by atoms with Crippen LogP contribution in [0.5, 0.6) is 5.75 Å². The summed E-state index contributed by atoms with van der Waals surface area (Å²) in [4.78, 5) is 12.0. The van der Waals surface area contributed by atoms with Crippen molar-refractivity contribution in [3.05, 3.63) is 29.8 Å². The summed E-state index contributed by atoms with van der Waals surface area (Å²) in [6.45, 7) is -2.87. The van der Waals surface area contributed by atoms with Crippen LogP contribution in [0.25, 0.3) is 0 Å². The lowest BCUT2D eigenvalue weighted by atomic mass is 10.1. The molecule has 1 N–H and O–H groups in total. The van der Waals surface area contributed by atoms with E-state index in [0.717, 1.165) is 0 Å². The molecule has 1 aromatic heterocycles. The van der Waals surface area contributed by atoms with Crippen LogP contribution in [0.15, 0.2) is 28.6 Å². The number of halogens is 2. The molecule has 2 rings (SSSR count). The minimum atomic E-state index is -2.87. The average molecular weight is 331 g/mol. The molecule has 0 radical (unpaired) electrons. The van der Waals surface area contributed by atoms with Crippen molar-refractivity contribution in [1.29, 1.82) is 0 Å². The first kappa shape index (κ1) is 15.6. The van der Waals surface area contributed by atoms with Crippen molar-refractivity contribution in [1.82, 2.24) is 10.2 Å². The number of hydrogen-bond donors (Lipinski definition) is 1. The second-order valence-electron chi connectivity index (χ2n) is 3.74. The Bertz CT molecular complexity index is 605. The molecule has 1 heterocycles. The normalized spacial score (nSPS) is 10.7. The molecule has 0 unspecified atom stereocenters. The Labute approximate surface area is 127 Å². The molecule has 0 atom stereocenters. The maximum atomic E-state index is 12.0. The molecule has 0 spiro atoms. The summed E-state index contributed by atoms with van der Waals surface area (Å²) in [5.74, 6) is 0.106. The third-order valence-electron chi connectivity index (χ3n) is 2.35. The van der Waals surface area contributed by atoms with E-state index in [-0.39, 0.29) is 17.3 Å². The number of anilines is 1. The SMILES string of the molecule is CNc1nnc(SCC(=O)c2ccc(OC(F)F)cc2)s1. The standard InChI is InChI=1S/C12H11F2N3O2S2/c1-15-11-16-17-12(21-11)20-6-9(18)7-2-4-8(5-3-7)19-10(13)14/h2-5,10H,6H2,1H3,(H,15,16). The zero-order valence-corrected chi connectivity index (χ0v) is 12.5. The number of carbonyl (C=O) groups excluding carboxylic acids is 1. The maximum absolute atomic E-state index is 12.0. The van der Waals surface area contributed by atoms with Crippen molar-refractivity contribution in [3.8, 4) is 5.75 Å². The highest BCUT2D eigenvalue weighted by Crippen LogP contribution is 2.26. The second-order valence-corrected chi connectivity index (χ2v) is 5.94. The molecular weight excluding hydrogens is 320 g/mol. The number of thioether (sulfide) groups is 1. The second kappa shape index (κ2) is 7.32. The minimum Gasteiger partial charge on any atom is -0.435 e. The van der Waals surface area contributed by atoms with Crippen molar-refractivity contribution >= 4 is 34.0 Å². The molecule has 0 aliphatic heterocycles. The monoisotopic (exact) mass is 331 g/mol. The minimum absolute atomic E-state index is 0.0250. The largest absolute Gasteiger partial charge is 0.435 e. The summed E-state index contributed by atoms with van der Waals surface area (Å²) in [5.41, 5.74) is 0.433. The van der Waals surface area contributed by atoms with Gasteiger partial charge in [0.25, 0.3) is 0 Å². The number of aromatic nitrogens is 2. The summed E-state index contributed by atoms with van der Waals surface area (Å²) in [6, 6.07) is 5.60. The highest BCUT2D eigenvalue weighted by molar-refractivity contribution is 8.01. The highest BCUT2D eigenvalue weighted by atomic mass is 32.2. The van der Waals surface area contributed by atoms with Crippen molar-refractivity contribution < 1.29 is 18.3 Å². The number of ketones is 1. The first-order valence-electron chi connectivity index (χ1n) is 5.80. The van der Waals surface area contributed by atoms with Crippen LogP contribution >= 0.6 is 23.1 Å². The van der Waals surface area contributed by atoms with Gasteiger partial charge in [0.1, 0.15) is 5.75 Å². The molecule has 2 aromatic rings. The number of nitrogens with zero attached hydrogens (tertiary/aromatic N) is 2. The van der Waals surface area contributed by atoms with Gasteiger partial charge in [-0.25, -0.2) is 0 Å². The predicted octanol–water partition coefficient (Wildman–Crippen LogP) is 3.16. The van der Waals surface area contributed by atoms with Crippen LogP contribution < -0.4 is 10.1 Å². The quantitative estimate of drug-likeness (QED) is 0.621. The van der Waals surface area contributed by atoms with E-state index in [4.69, 9.17) is 0 Å². The summed E-state index contributed by atoms with van der Waals surface area (Å²) in [6.07, 6.45) is 0. The molecule has 0 amide bonds. The van der Waals surface area contributed by atoms with Crippen molar-refractivity contribution in [2.45, 2.75) is 11.0 Å². The topological polar surface area (TPSA) is 64.1 Å². The summed E-state index contributed by atoms with van der Waals surface area (Å²) >= 11 is 2.63. The Morgan fingerprint density at radius 1 is 1.38 bits per heavy atom. The molecule has 21 heavy (non-hydrogen) atoms. The summed E-state index contributed by atoms with van der Waals surface area (Å²) in [7, 11) is 1.74. The van der Waals surface area contributed by atoms with Gasteiger partial charge in [0.15, 0.2) is 10.1 Å². The van der Waals surface area contributed by atoms with Crippen LogP contribution in [-0.2, 0) is 0 Å². The lowest BCUT2D eigenvalue weighted by molar-refractivity contribution is -0.0498. The van der Waals surface area contributed by atoms with Gasteiger partial charge in [0.05, 0.1) is 5.75 Å². The van der Waals surface area contributed by atoms with E-state index in [2.05, 4.69) is 20.3 Å². The van der Waals surface area contributed by atoms with E-state index in [1.807, 2.05) is 0 Å². The lowest BCUT2D eigenvalue weighted by Gasteiger charge is -2.04. The maximum Gasteiger partial charge on any atom is 0.387 e. The number of hydrogen-bond acceptors (Lipinski definition) is 7. The number of nitrogens with one attached hydrogen (secondary N) is 1. The molecule has 0 saturated heterocycles. The van der Waals surface area contributed by atoms with Gasteiger partial charge in [-0.2, -0.15) is 8.78 Å². The Balaban J connectivity index is 1.90. The zero-order chi connectivity index (χ0) is 15.2. The number of Topliss-reactive ketones (excluding diaryl/α,β-unsaturated/α-hetero) is 1. The number of rotatable bonds is 7. The third-order valence-corrected chi connectivity index (χ3v) is 4.42. The molecule has 1 aromatic carbocycles. The molecule has 9 heteroatoms. The van der Waals surface area contributed by atoms with Crippen LogP contribution in [0.2, 0.25) is 0 Å². The Hall–Kier alpha value is -1.74. The molecule has 0 aliphatic rings. The Kier molecular flexibility index (Phi) is 5.45. The molecule has 0 bridgehead atoms.